The molecule has 0 bridgehead atoms. The maximum absolute atomic E-state index is 10.1. The summed E-state index contributed by atoms with van der Waals surface area (Å²) in [5, 5.41) is 0. The lowest BCUT2D eigenvalue weighted by Crippen LogP contribution is -2.17. The molecule has 0 saturated heterocycles. The fourth-order valence-corrected chi connectivity index (χ4v) is 1.87. The van der Waals surface area contributed by atoms with Crippen LogP contribution in [0.4, 0.5) is 0 Å². The molecule has 0 aliphatic carbocycles. The molecule has 5 heteroatoms. The number of carbonyl (C=O) groups is 1. The van der Waals surface area contributed by atoms with E-state index in [4.69, 9.17) is 14.2 Å². The van der Waals surface area contributed by atoms with Gasteiger partial charge in [-0.3, -0.25) is 4.79 Å². The van der Waals surface area contributed by atoms with Gasteiger partial charge in [-0.25, -0.2) is 4.99 Å². The monoisotopic (exact) mass is 277 g/mol. The van der Waals surface area contributed by atoms with Crippen molar-refractivity contribution in [1.82, 2.24) is 0 Å². The van der Waals surface area contributed by atoms with E-state index in [1.54, 1.807) is 0 Å². The topological polar surface area (TPSA) is 57.1 Å². The molecule has 0 radical (unpaired) electrons. The molecule has 0 aromatic heterocycles. The normalized spacial score (nSPS) is 19.1. The summed E-state index contributed by atoms with van der Waals surface area (Å²) in [6.45, 7) is 3.91. The van der Waals surface area contributed by atoms with E-state index in [0.29, 0.717) is 38.6 Å². The molecule has 1 aromatic carbocycles. The van der Waals surface area contributed by atoms with Crippen LogP contribution >= 0.6 is 0 Å². The third-order valence-corrected chi connectivity index (χ3v) is 3.00. The van der Waals surface area contributed by atoms with Crippen LogP contribution in [0.1, 0.15) is 18.9 Å². The number of hydrogen-bond donors (Lipinski definition) is 0. The van der Waals surface area contributed by atoms with Crippen LogP contribution in [-0.2, 0) is 19.0 Å². The molecule has 1 heterocycles. The SMILES string of the molecule is C[C@H](CCOC[C@@H]1COC(c2ccccc2)=N1)OC=O. The number of ether oxygens (including phenoxy) is 3. The second-order valence-corrected chi connectivity index (χ2v) is 4.67. The molecule has 2 atom stereocenters. The summed E-state index contributed by atoms with van der Waals surface area (Å²) in [5.41, 5.74) is 0.989. The molecule has 0 spiro atoms. The van der Waals surface area contributed by atoms with E-state index in [1.807, 2.05) is 37.3 Å². The van der Waals surface area contributed by atoms with E-state index >= 15 is 0 Å². The summed E-state index contributed by atoms with van der Waals surface area (Å²) >= 11 is 0. The van der Waals surface area contributed by atoms with E-state index in [1.165, 1.54) is 0 Å². The first-order chi connectivity index (χ1) is 9.79. The van der Waals surface area contributed by atoms with E-state index in [-0.39, 0.29) is 12.1 Å². The first kappa shape index (κ1) is 14.5. The Morgan fingerprint density at radius 3 is 3.00 bits per heavy atom. The van der Waals surface area contributed by atoms with E-state index in [9.17, 15) is 4.79 Å². The Labute approximate surface area is 118 Å². The number of hydrogen-bond acceptors (Lipinski definition) is 5. The van der Waals surface area contributed by atoms with Crippen LogP contribution in [0.2, 0.25) is 0 Å². The Hall–Kier alpha value is -1.88. The third-order valence-electron chi connectivity index (χ3n) is 3.00. The largest absolute Gasteiger partial charge is 0.475 e. The van der Waals surface area contributed by atoms with Gasteiger partial charge in [0.15, 0.2) is 0 Å². The fourth-order valence-electron chi connectivity index (χ4n) is 1.87. The van der Waals surface area contributed by atoms with Gasteiger partial charge in [-0.15, -0.1) is 0 Å². The van der Waals surface area contributed by atoms with Crippen molar-refractivity contribution in [2.24, 2.45) is 4.99 Å². The Morgan fingerprint density at radius 1 is 1.45 bits per heavy atom. The highest BCUT2D eigenvalue weighted by Gasteiger charge is 2.20. The van der Waals surface area contributed by atoms with E-state index in [2.05, 4.69) is 4.99 Å². The van der Waals surface area contributed by atoms with Crippen molar-refractivity contribution in [3.8, 4) is 0 Å². The van der Waals surface area contributed by atoms with Gasteiger partial charge in [0.25, 0.3) is 6.47 Å². The average molecular weight is 277 g/mol. The average Bonchev–Trinajstić information content (AvgIpc) is 2.94. The first-order valence-electron chi connectivity index (χ1n) is 6.72. The molecule has 0 N–H and O–H groups in total. The number of rotatable bonds is 8. The molecule has 1 aromatic rings. The molecule has 0 saturated carbocycles. The van der Waals surface area contributed by atoms with Crippen LogP contribution in [0, 0.1) is 0 Å². The molecule has 1 aliphatic heterocycles. The molecule has 20 heavy (non-hydrogen) atoms. The molecular weight excluding hydrogens is 258 g/mol. The van der Waals surface area contributed by atoms with E-state index < -0.39 is 0 Å². The molecule has 0 fully saturated rings. The van der Waals surface area contributed by atoms with Gasteiger partial charge in [0, 0.05) is 12.0 Å². The molecule has 0 unspecified atom stereocenters. The molecule has 5 nitrogen and oxygen atoms in total. The van der Waals surface area contributed by atoms with Crippen molar-refractivity contribution in [2.75, 3.05) is 19.8 Å². The van der Waals surface area contributed by atoms with Crippen molar-refractivity contribution in [2.45, 2.75) is 25.5 Å². The van der Waals surface area contributed by atoms with Crippen molar-refractivity contribution in [1.29, 1.82) is 0 Å². The summed E-state index contributed by atoms with van der Waals surface area (Å²) in [7, 11) is 0. The Morgan fingerprint density at radius 2 is 2.25 bits per heavy atom. The van der Waals surface area contributed by atoms with Gasteiger partial charge in [0.2, 0.25) is 5.90 Å². The zero-order valence-corrected chi connectivity index (χ0v) is 11.5. The lowest BCUT2D eigenvalue weighted by molar-refractivity contribution is -0.133. The van der Waals surface area contributed by atoms with Crippen molar-refractivity contribution < 1.29 is 19.0 Å². The zero-order valence-electron chi connectivity index (χ0n) is 11.5. The highest BCUT2D eigenvalue weighted by Crippen LogP contribution is 2.12. The minimum Gasteiger partial charge on any atom is -0.475 e. The summed E-state index contributed by atoms with van der Waals surface area (Å²) < 4.78 is 15.9. The van der Waals surface area contributed by atoms with Gasteiger partial charge >= 0.3 is 0 Å². The predicted molar refractivity (Wildman–Crippen MR) is 74.8 cm³/mol. The van der Waals surface area contributed by atoms with Gasteiger partial charge in [-0.1, -0.05) is 18.2 Å². The Kier molecular flexibility index (Phi) is 5.55. The molecule has 1 aliphatic rings. The number of nitrogens with zero attached hydrogens (tertiary/aromatic N) is 1. The lowest BCUT2D eigenvalue weighted by atomic mass is 10.2. The zero-order chi connectivity index (χ0) is 14.2. The summed E-state index contributed by atoms with van der Waals surface area (Å²) in [6, 6.07) is 9.86. The second-order valence-electron chi connectivity index (χ2n) is 4.67. The maximum Gasteiger partial charge on any atom is 0.293 e. The molecule has 0 amide bonds. The van der Waals surface area contributed by atoms with Crippen LogP contribution in [0.25, 0.3) is 0 Å². The maximum atomic E-state index is 10.1. The van der Waals surface area contributed by atoms with E-state index in [0.717, 1.165) is 5.56 Å². The van der Waals surface area contributed by atoms with Crippen LogP contribution in [-0.4, -0.2) is 44.3 Å². The minimum atomic E-state index is -0.115. The second kappa shape index (κ2) is 7.65. The number of benzene rings is 1. The van der Waals surface area contributed by atoms with Gasteiger partial charge in [0.05, 0.1) is 13.2 Å². The standard InChI is InChI=1S/C15H19NO4/c1-12(20-11-17)7-8-18-9-14-10-19-15(16-14)13-5-3-2-4-6-13/h2-6,11-12,14H,7-10H2,1H3/t12-,14-/m1/s1. The number of aliphatic imine (C=N–C) groups is 1. The fraction of sp³-hybridized carbons (Fsp3) is 0.467. The highest BCUT2D eigenvalue weighted by molar-refractivity contribution is 5.95. The quantitative estimate of drug-likeness (QED) is 0.537. The molecular formula is C15H19NO4. The minimum absolute atomic E-state index is 0.0347. The Bertz CT molecular complexity index is 446. The van der Waals surface area contributed by atoms with Crippen molar-refractivity contribution in [3.63, 3.8) is 0 Å². The third kappa shape index (κ3) is 4.35. The predicted octanol–water partition coefficient (Wildman–Crippen LogP) is 1.80. The molecule has 108 valence electrons. The summed E-state index contributed by atoms with van der Waals surface area (Å²) in [5.74, 6) is 0.678. The molecule has 2 rings (SSSR count). The first-order valence-corrected chi connectivity index (χ1v) is 6.72. The highest BCUT2D eigenvalue weighted by atomic mass is 16.5. The number of carbonyl (C=O) groups excluding carboxylic acids is 1. The van der Waals surface area contributed by atoms with Crippen LogP contribution in [0.3, 0.4) is 0 Å². The van der Waals surface area contributed by atoms with Gasteiger partial charge in [0.1, 0.15) is 18.8 Å². The Balaban J connectivity index is 1.71. The lowest BCUT2D eigenvalue weighted by Gasteiger charge is -2.10. The van der Waals surface area contributed by atoms with Crippen molar-refractivity contribution >= 4 is 12.4 Å². The van der Waals surface area contributed by atoms with Crippen LogP contribution in [0.15, 0.2) is 35.3 Å². The summed E-state index contributed by atoms with van der Waals surface area (Å²) in [4.78, 5) is 14.6. The van der Waals surface area contributed by atoms with Gasteiger partial charge in [-0.2, -0.15) is 0 Å². The summed E-state index contributed by atoms with van der Waals surface area (Å²) in [6.07, 6.45) is 0.567. The van der Waals surface area contributed by atoms with Gasteiger partial charge < -0.3 is 14.2 Å². The van der Waals surface area contributed by atoms with Crippen LogP contribution in [0.5, 0.6) is 0 Å². The van der Waals surface area contributed by atoms with Crippen molar-refractivity contribution in [3.05, 3.63) is 35.9 Å². The van der Waals surface area contributed by atoms with Crippen LogP contribution < -0.4 is 0 Å². The smallest absolute Gasteiger partial charge is 0.293 e. The van der Waals surface area contributed by atoms with Gasteiger partial charge in [-0.05, 0) is 19.1 Å².